The van der Waals surface area contributed by atoms with Gasteiger partial charge >= 0.3 is 0 Å². The van der Waals surface area contributed by atoms with Crippen LogP contribution in [-0.4, -0.2) is 52.3 Å². The Morgan fingerprint density at radius 2 is 1.76 bits per heavy atom. The molecule has 0 aliphatic carbocycles. The summed E-state index contributed by atoms with van der Waals surface area (Å²) in [5.41, 5.74) is 0. The van der Waals surface area contributed by atoms with Gasteiger partial charge in [0.05, 0.1) is 0 Å². The van der Waals surface area contributed by atoms with Crippen LogP contribution >= 0.6 is 0 Å². The number of hydrogen-bond donors (Lipinski definition) is 3. The SMILES string of the molecule is CCCNc1nc(NC(C)CCO)nc(N(CC)CC)n1. The summed E-state index contributed by atoms with van der Waals surface area (Å²) in [6, 6.07) is 0.112. The molecule has 3 N–H and O–H groups in total. The lowest BCUT2D eigenvalue weighted by molar-refractivity contribution is 0.282. The zero-order valence-electron chi connectivity index (χ0n) is 13.6. The molecule has 120 valence electrons. The Balaban J connectivity index is 2.96. The van der Waals surface area contributed by atoms with Gasteiger partial charge in [-0.05, 0) is 33.6 Å². The molecule has 1 heterocycles. The van der Waals surface area contributed by atoms with Crippen molar-refractivity contribution in [1.82, 2.24) is 15.0 Å². The average Bonchev–Trinajstić information content (AvgIpc) is 2.46. The Kier molecular flexibility index (Phi) is 7.74. The van der Waals surface area contributed by atoms with Crippen LogP contribution in [0.4, 0.5) is 17.8 Å². The minimum absolute atomic E-state index is 0.112. The molecule has 1 aromatic rings. The summed E-state index contributed by atoms with van der Waals surface area (Å²) in [4.78, 5) is 15.4. The van der Waals surface area contributed by atoms with Crippen molar-refractivity contribution in [3.05, 3.63) is 0 Å². The van der Waals surface area contributed by atoms with Gasteiger partial charge in [0, 0.05) is 32.3 Å². The molecule has 0 bridgehead atoms. The molecular weight excluding hydrogens is 268 g/mol. The molecule has 1 atom stereocenters. The number of nitrogens with one attached hydrogen (secondary N) is 2. The highest BCUT2D eigenvalue weighted by Crippen LogP contribution is 2.14. The van der Waals surface area contributed by atoms with E-state index in [9.17, 15) is 0 Å². The molecule has 0 radical (unpaired) electrons. The lowest BCUT2D eigenvalue weighted by atomic mass is 10.2. The molecule has 0 saturated carbocycles. The monoisotopic (exact) mass is 296 g/mol. The summed E-state index contributed by atoms with van der Waals surface area (Å²) < 4.78 is 0. The van der Waals surface area contributed by atoms with Crippen molar-refractivity contribution in [2.45, 2.75) is 46.6 Å². The molecule has 0 spiro atoms. The number of aliphatic hydroxyl groups excluding tert-OH is 1. The third-order valence-electron chi connectivity index (χ3n) is 3.14. The quantitative estimate of drug-likeness (QED) is 0.606. The summed E-state index contributed by atoms with van der Waals surface area (Å²) in [5.74, 6) is 1.81. The predicted octanol–water partition coefficient (Wildman–Crippen LogP) is 1.72. The van der Waals surface area contributed by atoms with Crippen LogP contribution < -0.4 is 15.5 Å². The number of rotatable bonds is 10. The summed E-state index contributed by atoms with van der Waals surface area (Å²) >= 11 is 0. The molecule has 0 amide bonds. The van der Waals surface area contributed by atoms with E-state index in [2.05, 4.69) is 51.3 Å². The van der Waals surface area contributed by atoms with E-state index in [1.807, 2.05) is 6.92 Å². The maximum absolute atomic E-state index is 8.99. The highest BCUT2D eigenvalue weighted by Gasteiger charge is 2.12. The van der Waals surface area contributed by atoms with Gasteiger partial charge in [0.1, 0.15) is 0 Å². The fraction of sp³-hybridized carbons (Fsp3) is 0.786. The van der Waals surface area contributed by atoms with Gasteiger partial charge < -0.3 is 20.6 Å². The first kappa shape index (κ1) is 17.4. The molecule has 1 aromatic heterocycles. The van der Waals surface area contributed by atoms with E-state index in [0.717, 1.165) is 26.1 Å². The number of nitrogens with zero attached hydrogens (tertiary/aromatic N) is 4. The lowest BCUT2D eigenvalue weighted by Crippen LogP contribution is -2.26. The summed E-state index contributed by atoms with van der Waals surface area (Å²) in [6.45, 7) is 10.9. The van der Waals surface area contributed by atoms with Gasteiger partial charge in [-0.3, -0.25) is 0 Å². The van der Waals surface area contributed by atoms with Crippen molar-refractivity contribution in [2.24, 2.45) is 0 Å². The van der Waals surface area contributed by atoms with Crippen LogP contribution in [0.2, 0.25) is 0 Å². The van der Waals surface area contributed by atoms with Gasteiger partial charge in [-0.15, -0.1) is 0 Å². The fourth-order valence-corrected chi connectivity index (χ4v) is 1.88. The lowest BCUT2D eigenvalue weighted by Gasteiger charge is -2.20. The summed E-state index contributed by atoms with van der Waals surface area (Å²) in [7, 11) is 0. The van der Waals surface area contributed by atoms with E-state index in [0.29, 0.717) is 24.3 Å². The molecule has 7 nitrogen and oxygen atoms in total. The third kappa shape index (κ3) is 5.71. The average molecular weight is 296 g/mol. The Labute approximate surface area is 127 Å². The van der Waals surface area contributed by atoms with Crippen LogP contribution in [0.25, 0.3) is 0 Å². The van der Waals surface area contributed by atoms with E-state index in [4.69, 9.17) is 5.11 Å². The molecule has 21 heavy (non-hydrogen) atoms. The first-order valence-electron chi connectivity index (χ1n) is 7.76. The first-order chi connectivity index (χ1) is 10.1. The molecule has 0 aliphatic rings. The normalized spacial score (nSPS) is 12.0. The van der Waals surface area contributed by atoms with Crippen LogP contribution in [0.1, 0.15) is 40.5 Å². The third-order valence-corrected chi connectivity index (χ3v) is 3.14. The zero-order valence-corrected chi connectivity index (χ0v) is 13.6. The predicted molar refractivity (Wildman–Crippen MR) is 87.0 cm³/mol. The van der Waals surface area contributed by atoms with Gasteiger partial charge in [-0.1, -0.05) is 6.92 Å². The number of aromatic nitrogens is 3. The van der Waals surface area contributed by atoms with Crippen molar-refractivity contribution in [2.75, 3.05) is 41.8 Å². The Hall–Kier alpha value is -1.63. The van der Waals surface area contributed by atoms with Crippen molar-refractivity contribution >= 4 is 17.8 Å². The van der Waals surface area contributed by atoms with Gasteiger partial charge in [0.15, 0.2) is 0 Å². The highest BCUT2D eigenvalue weighted by atomic mass is 16.3. The molecule has 7 heteroatoms. The van der Waals surface area contributed by atoms with Gasteiger partial charge in [0.2, 0.25) is 17.8 Å². The van der Waals surface area contributed by atoms with Crippen LogP contribution in [0.15, 0.2) is 0 Å². The van der Waals surface area contributed by atoms with E-state index in [1.54, 1.807) is 0 Å². The van der Waals surface area contributed by atoms with Gasteiger partial charge in [-0.2, -0.15) is 15.0 Å². The van der Waals surface area contributed by atoms with Gasteiger partial charge in [0.25, 0.3) is 0 Å². The minimum Gasteiger partial charge on any atom is -0.396 e. The Bertz CT molecular complexity index is 410. The summed E-state index contributed by atoms with van der Waals surface area (Å²) in [5, 5.41) is 15.4. The van der Waals surface area contributed by atoms with Crippen LogP contribution in [-0.2, 0) is 0 Å². The zero-order chi connectivity index (χ0) is 15.7. The fourth-order valence-electron chi connectivity index (χ4n) is 1.88. The van der Waals surface area contributed by atoms with Crippen LogP contribution in [0.3, 0.4) is 0 Å². The number of hydrogen-bond acceptors (Lipinski definition) is 7. The van der Waals surface area contributed by atoms with E-state index in [-0.39, 0.29) is 12.6 Å². The maximum Gasteiger partial charge on any atom is 0.231 e. The first-order valence-corrected chi connectivity index (χ1v) is 7.76. The van der Waals surface area contributed by atoms with Crippen molar-refractivity contribution in [3.63, 3.8) is 0 Å². The van der Waals surface area contributed by atoms with Gasteiger partial charge in [-0.25, -0.2) is 0 Å². The van der Waals surface area contributed by atoms with E-state index in [1.165, 1.54) is 0 Å². The van der Waals surface area contributed by atoms with E-state index < -0.39 is 0 Å². The minimum atomic E-state index is 0.112. The maximum atomic E-state index is 8.99. The molecule has 0 fully saturated rings. The molecule has 1 unspecified atom stereocenters. The molecular formula is C14H28N6O. The summed E-state index contributed by atoms with van der Waals surface area (Å²) in [6.07, 6.45) is 1.67. The molecule has 0 saturated heterocycles. The van der Waals surface area contributed by atoms with Crippen molar-refractivity contribution in [3.8, 4) is 0 Å². The topological polar surface area (TPSA) is 86.2 Å². The van der Waals surface area contributed by atoms with Crippen LogP contribution in [0.5, 0.6) is 0 Å². The highest BCUT2D eigenvalue weighted by molar-refractivity contribution is 5.44. The molecule has 0 aromatic carbocycles. The van der Waals surface area contributed by atoms with Crippen molar-refractivity contribution in [1.29, 1.82) is 0 Å². The molecule has 0 aliphatic heterocycles. The van der Waals surface area contributed by atoms with Crippen molar-refractivity contribution < 1.29 is 5.11 Å². The largest absolute Gasteiger partial charge is 0.396 e. The van der Waals surface area contributed by atoms with E-state index >= 15 is 0 Å². The Morgan fingerprint density at radius 1 is 1.10 bits per heavy atom. The smallest absolute Gasteiger partial charge is 0.231 e. The second-order valence-corrected chi connectivity index (χ2v) is 4.94. The number of aliphatic hydroxyl groups is 1. The second kappa shape index (κ2) is 9.33. The standard InChI is InChI=1S/C14H28N6O/c1-5-9-15-12-17-13(16-11(4)8-10-21)19-14(18-12)20(6-2)7-3/h11,21H,5-10H2,1-4H3,(H2,15,16,17,18,19). The number of anilines is 3. The Morgan fingerprint density at radius 3 is 2.33 bits per heavy atom. The second-order valence-electron chi connectivity index (χ2n) is 4.94. The van der Waals surface area contributed by atoms with Crippen LogP contribution in [0, 0.1) is 0 Å². The molecule has 1 rings (SSSR count).